The van der Waals surface area contributed by atoms with Crippen LogP contribution in [0.3, 0.4) is 0 Å². The second-order valence-electron chi connectivity index (χ2n) is 6.43. The number of aromatic nitrogens is 4. The van der Waals surface area contributed by atoms with Crippen molar-refractivity contribution in [1.82, 2.24) is 25.1 Å². The first-order chi connectivity index (χ1) is 13.1. The Kier molecular flexibility index (Phi) is 4.42. The summed E-state index contributed by atoms with van der Waals surface area (Å²) in [6.45, 7) is 2.28. The molecule has 136 valence electrons. The van der Waals surface area contributed by atoms with Gasteiger partial charge in [0.15, 0.2) is 0 Å². The summed E-state index contributed by atoms with van der Waals surface area (Å²) in [7, 11) is 0. The van der Waals surface area contributed by atoms with Crippen LogP contribution < -0.4 is 10.7 Å². The van der Waals surface area contributed by atoms with Crippen LogP contribution in [-0.4, -0.2) is 25.7 Å². The second-order valence-corrected chi connectivity index (χ2v) is 6.43. The summed E-state index contributed by atoms with van der Waals surface area (Å²) in [5.74, 6) is 0.615. The van der Waals surface area contributed by atoms with Crippen LogP contribution in [0.2, 0.25) is 0 Å². The Morgan fingerprint density at radius 1 is 1.19 bits per heavy atom. The quantitative estimate of drug-likeness (QED) is 0.571. The smallest absolute Gasteiger partial charge is 0.222 e. The predicted octanol–water partition coefficient (Wildman–Crippen LogP) is 2.54. The SMILES string of the molecule is C[C@@H](NC(=O)CCn1ncc(=O)c2ccccc21)c1nc2ccccc2[nH]1. The number of hydrogen-bond acceptors (Lipinski definition) is 4. The minimum Gasteiger partial charge on any atom is -0.346 e. The topological polar surface area (TPSA) is 92.7 Å². The Morgan fingerprint density at radius 3 is 2.81 bits per heavy atom. The van der Waals surface area contributed by atoms with Gasteiger partial charge >= 0.3 is 0 Å². The number of fused-ring (bicyclic) bond motifs is 2. The maximum atomic E-state index is 12.4. The van der Waals surface area contributed by atoms with Crippen molar-refractivity contribution in [2.45, 2.75) is 25.9 Å². The number of para-hydroxylation sites is 3. The molecule has 0 fully saturated rings. The highest BCUT2D eigenvalue weighted by Gasteiger charge is 2.14. The van der Waals surface area contributed by atoms with E-state index in [0.29, 0.717) is 11.9 Å². The molecule has 4 rings (SSSR count). The van der Waals surface area contributed by atoms with Crippen molar-refractivity contribution in [3.05, 3.63) is 70.8 Å². The molecule has 1 amide bonds. The van der Waals surface area contributed by atoms with Crippen molar-refractivity contribution >= 4 is 27.8 Å². The van der Waals surface area contributed by atoms with Gasteiger partial charge in [-0.2, -0.15) is 5.10 Å². The van der Waals surface area contributed by atoms with Gasteiger partial charge in [0.1, 0.15) is 5.82 Å². The molecule has 2 N–H and O–H groups in total. The van der Waals surface area contributed by atoms with E-state index in [2.05, 4.69) is 20.4 Å². The average molecular weight is 361 g/mol. The number of aromatic amines is 1. The largest absolute Gasteiger partial charge is 0.346 e. The monoisotopic (exact) mass is 361 g/mol. The van der Waals surface area contributed by atoms with Gasteiger partial charge < -0.3 is 10.3 Å². The highest BCUT2D eigenvalue weighted by Crippen LogP contribution is 2.15. The van der Waals surface area contributed by atoms with E-state index in [9.17, 15) is 9.59 Å². The number of nitrogens with zero attached hydrogens (tertiary/aromatic N) is 3. The van der Waals surface area contributed by atoms with Crippen LogP contribution in [0.5, 0.6) is 0 Å². The molecule has 2 heterocycles. The molecule has 27 heavy (non-hydrogen) atoms. The fourth-order valence-electron chi connectivity index (χ4n) is 3.11. The third kappa shape index (κ3) is 3.44. The maximum absolute atomic E-state index is 12.4. The number of rotatable bonds is 5. The summed E-state index contributed by atoms with van der Waals surface area (Å²) in [4.78, 5) is 32.0. The minimum atomic E-state index is -0.233. The van der Waals surface area contributed by atoms with Crippen LogP contribution in [0.15, 0.2) is 59.5 Å². The molecule has 0 unspecified atom stereocenters. The molecule has 0 spiro atoms. The number of aryl methyl sites for hydroxylation is 1. The first-order valence-corrected chi connectivity index (χ1v) is 8.81. The van der Waals surface area contributed by atoms with Crippen molar-refractivity contribution in [3.8, 4) is 0 Å². The number of benzene rings is 2. The summed E-state index contributed by atoms with van der Waals surface area (Å²) in [6, 6.07) is 14.8. The Hall–Kier alpha value is -3.48. The fraction of sp³-hybridized carbons (Fsp3) is 0.200. The standard InChI is InChI=1S/C20H19N5O2/c1-13(20-23-15-7-3-4-8-16(15)24-20)22-19(27)10-11-25-17-9-5-2-6-14(17)18(26)12-21-25/h2-9,12-13H,10-11H2,1H3,(H,22,27)(H,23,24)/t13-/m1/s1. The normalized spacial score (nSPS) is 12.3. The molecule has 1 atom stereocenters. The third-order valence-electron chi connectivity index (χ3n) is 4.51. The van der Waals surface area contributed by atoms with Crippen molar-refractivity contribution in [1.29, 1.82) is 0 Å². The van der Waals surface area contributed by atoms with Crippen molar-refractivity contribution in [3.63, 3.8) is 0 Å². The lowest BCUT2D eigenvalue weighted by molar-refractivity contribution is -0.122. The Balaban J connectivity index is 1.44. The summed E-state index contributed by atoms with van der Waals surface area (Å²) in [5.41, 5.74) is 2.42. The van der Waals surface area contributed by atoms with E-state index in [-0.39, 0.29) is 23.8 Å². The third-order valence-corrected chi connectivity index (χ3v) is 4.51. The van der Waals surface area contributed by atoms with Crippen molar-refractivity contribution in [2.24, 2.45) is 0 Å². The molecule has 0 bridgehead atoms. The van der Waals surface area contributed by atoms with E-state index in [1.165, 1.54) is 6.20 Å². The number of imidazole rings is 1. The number of H-pyrrole nitrogens is 1. The van der Waals surface area contributed by atoms with Gasteiger partial charge in [-0.25, -0.2) is 4.98 Å². The van der Waals surface area contributed by atoms with Crippen molar-refractivity contribution < 1.29 is 4.79 Å². The van der Waals surface area contributed by atoms with Crippen LogP contribution in [0.25, 0.3) is 21.9 Å². The zero-order valence-electron chi connectivity index (χ0n) is 14.8. The van der Waals surface area contributed by atoms with Crippen molar-refractivity contribution in [2.75, 3.05) is 0 Å². The second kappa shape index (κ2) is 7.03. The summed E-state index contributed by atoms with van der Waals surface area (Å²) in [5, 5.41) is 7.70. The zero-order chi connectivity index (χ0) is 18.8. The van der Waals surface area contributed by atoms with Crippen LogP contribution >= 0.6 is 0 Å². The molecule has 7 heteroatoms. The molecule has 0 saturated heterocycles. The van der Waals surface area contributed by atoms with E-state index in [4.69, 9.17) is 0 Å². The molecule has 0 aliphatic rings. The molecule has 7 nitrogen and oxygen atoms in total. The highest BCUT2D eigenvalue weighted by molar-refractivity contribution is 5.79. The van der Waals surface area contributed by atoms with E-state index in [1.54, 1.807) is 10.7 Å². The summed E-state index contributed by atoms with van der Waals surface area (Å²) >= 11 is 0. The van der Waals surface area contributed by atoms with Gasteiger partial charge in [-0.05, 0) is 31.2 Å². The molecule has 0 aliphatic carbocycles. The van der Waals surface area contributed by atoms with E-state index in [1.807, 2.05) is 49.4 Å². The van der Waals surface area contributed by atoms with Gasteiger partial charge in [0, 0.05) is 11.8 Å². The number of nitrogens with one attached hydrogen (secondary N) is 2. The van der Waals surface area contributed by atoms with Crippen LogP contribution in [0.1, 0.15) is 25.2 Å². The molecule has 4 aromatic rings. The fourth-order valence-corrected chi connectivity index (χ4v) is 3.11. The predicted molar refractivity (Wildman–Crippen MR) is 103 cm³/mol. The Morgan fingerprint density at radius 2 is 1.96 bits per heavy atom. The lowest BCUT2D eigenvalue weighted by Crippen LogP contribution is -2.28. The number of carbonyl (C=O) groups excluding carboxylic acids is 1. The van der Waals surface area contributed by atoms with Gasteiger partial charge in [0.25, 0.3) is 0 Å². The molecular formula is C20H19N5O2. The van der Waals surface area contributed by atoms with Crippen LogP contribution in [0, 0.1) is 0 Å². The van der Waals surface area contributed by atoms with Gasteiger partial charge in [0.2, 0.25) is 11.3 Å². The number of hydrogen-bond donors (Lipinski definition) is 2. The maximum Gasteiger partial charge on any atom is 0.222 e. The van der Waals surface area contributed by atoms with Gasteiger partial charge in [-0.15, -0.1) is 0 Å². The molecule has 2 aromatic carbocycles. The van der Waals surface area contributed by atoms with E-state index >= 15 is 0 Å². The molecule has 0 aliphatic heterocycles. The minimum absolute atomic E-state index is 0.104. The van der Waals surface area contributed by atoms with Gasteiger partial charge in [-0.3, -0.25) is 14.3 Å². The van der Waals surface area contributed by atoms with E-state index in [0.717, 1.165) is 22.4 Å². The summed E-state index contributed by atoms with van der Waals surface area (Å²) < 4.78 is 1.68. The lowest BCUT2D eigenvalue weighted by Gasteiger charge is -2.13. The first-order valence-electron chi connectivity index (χ1n) is 8.81. The Labute approximate surface area is 155 Å². The summed E-state index contributed by atoms with van der Waals surface area (Å²) in [6.07, 6.45) is 1.54. The molecule has 0 saturated carbocycles. The van der Waals surface area contributed by atoms with Crippen LogP contribution in [0.4, 0.5) is 0 Å². The zero-order valence-corrected chi connectivity index (χ0v) is 14.8. The Bertz CT molecular complexity index is 1140. The van der Waals surface area contributed by atoms with E-state index < -0.39 is 0 Å². The number of amides is 1. The lowest BCUT2D eigenvalue weighted by atomic mass is 10.2. The van der Waals surface area contributed by atoms with Gasteiger partial charge in [0.05, 0.1) is 35.3 Å². The molecule has 2 aromatic heterocycles. The molecular weight excluding hydrogens is 342 g/mol. The van der Waals surface area contributed by atoms with Gasteiger partial charge in [-0.1, -0.05) is 24.3 Å². The molecule has 0 radical (unpaired) electrons. The first kappa shape index (κ1) is 17.0. The highest BCUT2D eigenvalue weighted by atomic mass is 16.1. The van der Waals surface area contributed by atoms with Crippen LogP contribution in [-0.2, 0) is 11.3 Å². The average Bonchev–Trinajstić information content (AvgIpc) is 3.12. The number of carbonyl (C=O) groups is 1.